The summed E-state index contributed by atoms with van der Waals surface area (Å²) in [6.45, 7) is 0.223. The number of esters is 1. The largest absolute Gasteiger partial charge is 0.464 e. The minimum absolute atomic E-state index is 0.0880. The first kappa shape index (κ1) is 12.5. The van der Waals surface area contributed by atoms with E-state index in [1.165, 1.54) is 36.2 Å². The first-order chi connectivity index (χ1) is 8.60. The topological polar surface area (TPSA) is 57.0 Å². The summed E-state index contributed by atoms with van der Waals surface area (Å²) in [6, 6.07) is 4.04. The van der Waals surface area contributed by atoms with Gasteiger partial charge in [0.1, 0.15) is 5.82 Å². The van der Waals surface area contributed by atoms with Crippen molar-refractivity contribution in [3.63, 3.8) is 0 Å². The maximum Gasteiger partial charge on any atom is 0.360 e. The van der Waals surface area contributed by atoms with E-state index in [1.807, 2.05) is 0 Å². The molecule has 1 aromatic heterocycles. The third-order valence-electron chi connectivity index (χ3n) is 2.27. The summed E-state index contributed by atoms with van der Waals surface area (Å²) >= 11 is 5.92. The van der Waals surface area contributed by atoms with Crippen LogP contribution < -0.4 is 0 Å². The number of hydrogen-bond donors (Lipinski definition) is 0. The van der Waals surface area contributed by atoms with Crippen LogP contribution in [0.4, 0.5) is 4.39 Å². The molecule has 0 atom stereocenters. The van der Waals surface area contributed by atoms with Gasteiger partial charge in [-0.3, -0.25) is 0 Å². The lowest BCUT2D eigenvalue weighted by Gasteiger charge is -2.03. The van der Waals surface area contributed by atoms with Gasteiger partial charge < -0.3 is 4.74 Å². The minimum atomic E-state index is -0.577. The molecule has 1 heterocycles. The van der Waals surface area contributed by atoms with Crippen molar-refractivity contribution in [1.29, 1.82) is 0 Å². The normalized spacial score (nSPS) is 10.4. The van der Waals surface area contributed by atoms with Gasteiger partial charge in [0.05, 0.1) is 19.9 Å². The Hall–Kier alpha value is -1.95. The summed E-state index contributed by atoms with van der Waals surface area (Å²) in [6.07, 6.45) is 1.41. The molecular weight excluding hydrogens is 261 g/mol. The van der Waals surface area contributed by atoms with E-state index in [0.29, 0.717) is 10.6 Å². The van der Waals surface area contributed by atoms with Crippen molar-refractivity contribution in [2.45, 2.75) is 6.54 Å². The molecule has 94 valence electrons. The smallest absolute Gasteiger partial charge is 0.360 e. The highest BCUT2D eigenvalue weighted by atomic mass is 35.5. The predicted molar refractivity (Wildman–Crippen MR) is 61.9 cm³/mol. The van der Waals surface area contributed by atoms with Crippen LogP contribution >= 0.6 is 11.6 Å². The Balaban J connectivity index is 2.21. The van der Waals surface area contributed by atoms with Gasteiger partial charge in [0.15, 0.2) is 5.69 Å². The lowest BCUT2D eigenvalue weighted by Crippen LogP contribution is -2.02. The van der Waals surface area contributed by atoms with Crippen LogP contribution in [-0.4, -0.2) is 28.1 Å². The first-order valence-corrected chi connectivity index (χ1v) is 5.40. The van der Waals surface area contributed by atoms with E-state index >= 15 is 0 Å². The maximum absolute atomic E-state index is 13.1. The van der Waals surface area contributed by atoms with E-state index in [4.69, 9.17) is 11.6 Å². The highest BCUT2D eigenvalue weighted by Crippen LogP contribution is 2.17. The van der Waals surface area contributed by atoms with Crippen LogP contribution in [0.3, 0.4) is 0 Å². The molecule has 2 rings (SSSR count). The van der Waals surface area contributed by atoms with Gasteiger partial charge in [-0.25, -0.2) is 13.9 Å². The van der Waals surface area contributed by atoms with Crippen LogP contribution in [0.25, 0.3) is 0 Å². The fraction of sp³-hybridized carbons (Fsp3) is 0.182. The van der Waals surface area contributed by atoms with Crippen LogP contribution in [0.15, 0.2) is 24.4 Å². The third kappa shape index (κ3) is 2.65. The lowest BCUT2D eigenvalue weighted by molar-refractivity contribution is 0.0594. The molecule has 0 aliphatic carbocycles. The Bertz CT molecular complexity index is 585. The Labute approximate surface area is 107 Å². The fourth-order valence-corrected chi connectivity index (χ4v) is 1.59. The lowest BCUT2D eigenvalue weighted by atomic mass is 10.2. The molecule has 0 saturated heterocycles. The van der Waals surface area contributed by atoms with E-state index < -0.39 is 5.97 Å². The van der Waals surface area contributed by atoms with Crippen LogP contribution in [0, 0.1) is 5.82 Å². The van der Waals surface area contributed by atoms with Gasteiger partial charge in [0.2, 0.25) is 0 Å². The second-order valence-corrected chi connectivity index (χ2v) is 3.94. The van der Waals surface area contributed by atoms with Gasteiger partial charge in [-0.05, 0) is 23.8 Å². The van der Waals surface area contributed by atoms with Gasteiger partial charge >= 0.3 is 5.97 Å². The first-order valence-electron chi connectivity index (χ1n) is 5.02. The average Bonchev–Trinajstić information content (AvgIpc) is 2.81. The Morgan fingerprint density at radius 2 is 2.33 bits per heavy atom. The summed E-state index contributed by atoms with van der Waals surface area (Å²) < 4.78 is 18.9. The van der Waals surface area contributed by atoms with Crippen molar-refractivity contribution in [2.75, 3.05) is 7.11 Å². The van der Waals surface area contributed by atoms with Crippen LogP contribution in [0.1, 0.15) is 16.1 Å². The zero-order valence-electron chi connectivity index (χ0n) is 9.43. The second kappa shape index (κ2) is 5.14. The molecule has 0 bridgehead atoms. The van der Waals surface area contributed by atoms with Crippen LogP contribution in [-0.2, 0) is 11.3 Å². The number of ether oxygens (including phenoxy) is 1. The molecule has 0 spiro atoms. The van der Waals surface area contributed by atoms with E-state index in [0.717, 1.165) is 0 Å². The van der Waals surface area contributed by atoms with E-state index in [9.17, 15) is 9.18 Å². The van der Waals surface area contributed by atoms with E-state index in [2.05, 4.69) is 15.0 Å². The number of rotatable bonds is 3. The average molecular weight is 270 g/mol. The zero-order chi connectivity index (χ0) is 13.1. The SMILES string of the molecule is COC(=O)c1cn(Cc2cc(F)ccc2Cl)nn1. The standard InChI is InChI=1S/C11H9ClFN3O2/c1-18-11(17)10-6-16(15-14-10)5-7-4-8(13)2-3-9(7)12/h2-4,6H,5H2,1H3. The zero-order valence-corrected chi connectivity index (χ0v) is 10.2. The molecular formula is C11H9ClFN3O2. The van der Waals surface area contributed by atoms with Gasteiger partial charge in [-0.2, -0.15) is 0 Å². The number of carbonyl (C=O) groups excluding carboxylic acids is 1. The Morgan fingerprint density at radius 1 is 1.56 bits per heavy atom. The molecule has 0 aliphatic heterocycles. The van der Waals surface area contributed by atoms with Gasteiger partial charge in [0.25, 0.3) is 0 Å². The molecule has 0 radical (unpaired) electrons. The molecule has 0 N–H and O–H groups in total. The van der Waals surface area contributed by atoms with Gasteiger partial charge in [-0.15, -0.1) is 5.10 Å². The minimum Gasteiger partial charge on any atom is -0.464 e. The molecule has 0 amide bonds. The molecule has 0 saturated carbocycles. The van der Waals surface area contributed by atoms with Crippen molar-refractivity contribution < 1.29 is 13.9 Å². The number of methoxy groups -OCH3 is 1. The number of hydrogen-bond acceptors (Lipinski definition) is 4. The van der Waals surface area contributed by atoms with Crippen molar-refractivity contribution in [3.05, 3.63) is 46.5 Å². The van der Waals surface area contributed by atoms with Crippen molar-refractivity contribution >= 4 is 17.6 Å². The maximum atomic E-state index is 13.1. The number of aromatic nitrogens is 3. The Morgan fingerprint density at radius 3 is 3.06 bits per heavy atom. The molecule has 18 heavy (non-hydrogen) atoms. The Kier molecular flexibility index (Phi) is 3.57. The molecule has 1 aromatic carbocycles. The summed E-state index contributed by atoms with van der Waals surface area (Å²) in [4.78, 5) is 11.2. The number of benzene rings is 1. The monoisotopic (exact) mass is 269 g/mol. The number of nitrogens with zero attached hydrogens (tertiary/aromatic N) is 3. The number of halogens is 2. The van der Waals surface area contributed by atoms with Gasteiger partial charge in [0, 0.05) is 5.02 Å². The van der Waals surface area contributed by atoms with Crippen LogP contribution in [0.5, 0.6) is 0 Å². The molecule has 7 heteroatoms. The van der Waals surface area contributed by atoms with Crippen molar-refractivity contribution in [3.8, 4) is 0 Å². The fourth-order valence-electron chi connectivity index (χ4n) is 1.41. The summed E-state index contributed by atoms with van der Waals surface area (Å²) in [7, 11) is 1.25. The molecule has 5 nitrogen and oxygen atoms in total. The molecule has 0 fully saturated rings. The quantitative estimate of drug-likeness (QED) is 0.799. The highest BCUT2D eigenvalue weighted by molar-refractivity contribution is 6.31. The van der Waals surface area contributed by atoms with E-state index in [-0.39, 0.29) is 18.1 Å². The van der Waals surface area contributed by atoms with Crippen molar-refractivity contribution in [1.82, 2.24) is 15.0 Å². The number of carbonyl (C=O) groups is 1. The summed E-state index contributed by atoms with van der Waals surface area (Å²) in [5.74, 6) is -0.964. The van der Waals surface area contributed by atoms with Gasteiger partial charge in [-0.1, -0.05) is 16.8 Å². The predicted octanol–water partition coefficient (Wildman–Crippen LogP) is 1.91. The molecule has 2 aromatic rings. The molecule has 0 unspecified atom stereocenters. The summed E-state index contributed by atoms with van der Waals surface area (Å²) in [5.41, 5.74) is 0.642. The van der Waals surface area contributed by atoms with Crippen LogP contribution in [0.2, 0.25) is 5.02 Å². The van der Waals surface area contributed by atoms with Crippen molar-refractivity contribution in [2.24, 2.45) is 0 Å². The highest BCUT2D eigenvalue weighted by Gasteiger charge is 2.11. The van der Waals surface area contributed by atoms with E-state index in [1.54, 1.807) is 0 Å². The molecule has 0 aliphatic rings. The third-order valence-corrected chi connectivity index (χ3v) is 2.64. The summed E-state index contributed by atoms with van der Waals surface area (Å²) in [5, 5.41) is 7.80. The second-order valence-electron chi connectivity index (χ2n) is 3.53.